The maximum atomic E-state index is 6.45. The second-order valence-corrected chi connectivity index (χ2v) is 6.35. The van der Waals surface area contributed by atoms with E-state index in [1.54, 1.807) is 0 Å². The Balaban J connectivity index is 1.60. The Morgan fingerprint density at radius 1 is 1.00 bits per heavy atom. The lowest BCUT2D eigenvalue weighted by molar-refractivity contribution is 0.472. The molecule has 124 valence electrons. The van der Waals surface area contributed by atoms with Crippen LogP contribution in [0.3, 0.4) is 0 Å². The largest absolute Gasteiger partial charge is 0.334 e. The lowest BCUT2D eigenvalue weighted by atomic mass is 9.99. The predicted octanol–water partition coefficient (Wildman–Crippen LogP) is 2.84. The van der Waals surface area contributed by atoms with E-state index in [9.17, 15) is 0 Å². The lowest BCUT2D eigenvalue weighted by Crippen LogP contribution is -2.61. The molecule has 0 radical (unpaired) electrons. The molecule has 3 rings (SSSR count). The number of aliphatic imine (C=N–C) groups is 1. The van der Waals surface area contributed by atoms with Crippen molar-refractivity contribution in [3.63, 3.8) is 0 Å². The first-order valence-electron chi connectivity index (χ1n) is 7.97. The highest BCUT2D eigenvalue weighted by Gasteiger charge is 2.26. The first kappa shape index (κ1) is 16.6. The van der Waals surface area contributed by atoms with Gasteiger partial charge in [-0.25, -0.2) is 0 Å². The van der Waals surface area contributed by atoms with Crippen molar-refractivity contribution in [1.82, 2.24) is 10.6 Å². The lowest BCUT2D eigenvalue weighted by Gasteiger charge is -2.32. The monoisotopic (exact) mass is 340 g/mol. The molecule has 0 spiro atoms. The maximum Gasteiger partial charge on any atom is 0.197 e. The summed E-state index contributed by atoms with van der Waals surface area (Å²) in [4.78, 5) is 4.57. The summed E-state index contributed by atoms with van der Waals surface area (Å²) in [7, 11) is 0. The first-order valence-corrected chi connectivity index (χ1v) is 8.35. The van der Waals surface area contributed by atoms with Crippen LogP contribution in [0.25, 0.3) is 0 Å². The van der Waals surface area contributed by atoms with Gasteiger partial charge in [0, 0.05) is 24.2 Å². The van der Waals surface area contributed by atoms with E-state index in [0.29, 0.717) is 18.9 Å². The Morgan fingerprint density at radius 3 is 2.50 bits per heavy atom. The van der Waals surface area contributed by atoms with Crippen molar-refractivity contribution in [3.05, 3.63) is 83.0 Å². The molecule has 1 atom stereocenters. The molecule has 0 saturated heterocycles. The summed E-state index contributed by atoms with van der Waals surface area (Å²) < 4.78 is 0. The van der Waals surface area contributed by atoms with Crippen LogP contribution in [0.2, 0.25) is 5.02 Å². The SMILES string of the molecule is NC1(Cc2ccc(Cl)cc2)C=CNC(=NCCc2ccccc2)N1. The summed E-state index contributed by atoms with van der Waals surface area (Å²) in [6.45, 7) is 0.699. The van der Waals surface area contributed by atoms with Crippen LogP contribution in [-0.4, -0.2) is 18.2 Å². The highest BCUT2D eigenvalue weighted by Crippen LogP contribution is 2.15. The van der Waals surface area contributed by atoms with Gasteiger partial charge < -0.3 is 16.4 Å². The summed E-state index contributed by atoms with van der Waals surface area (Å²) in [6.07, 6.45) is 5.30. The zero-order chi connectivity index (χ0) is 16.8. The van der Waals surface area contributed by atoms with Gasteiger partial charge in [0.1, 0.15) is 5.66 Å². The van der Waals surface area contributed by atoms with Crippen molar-refractivity contribution in [2.45, 2.75) is 18.5 Å². The topological polar surface area (TPSA) is 62.4 Å². The Labute approximate surface area is 147 Å². The van der Waals surface area contributed by atoms with Crippen molar-refractivity contribution in [2.75, 3.05) is 6.54 Å². The zero-order valence-corrected chi connectivity index (χ0v) is 14.1. The number of nitrogens with zero attached hydrogens (tertiary/aromatic N) is 1. The van der Waals surface area contributed by atoms with Gasteiger partial charge in [0.15, 0.2) is 5.96 Å². The molecule has 1 aliphatic rings. The number of nitrogens with two attached hydrogens (primary N) is 1. The van der Waals surface area contributed by atoms with E-state index in [1.807, 2.05) is 54.7 Å². The fraction of sp³-hybridized carbons (Fsp3) is 0.211. The van der Waals surface area contributed by atoms with Crippen LogP contribution >= 0.6 is 11.6 Å². The Hall–Kier alpha value is -2.30. The van der Waals surface area contributed by atoms with Gasteiger partial charge in [0.05, 0.1) is 0 Å². The van der Waals surface area contributed by atoms with Crippen LogP contribution in [0.1, 0.15) is 11.1 Å². The van der Waals surface area contributed by atoms with Gasteiger partial charge in [-0.1, -0.05) is 54.1 Å². The summed E-state index contributed by atoms with van der Waals surface area (Å²) >= 11 is 5.93. The van der Waals surface area contributed by atoms with Crippen molar-refractivity contribution in [1.29, 1.82) is 0 Å². The predicted molar refractivity (Wildman–Crippen MR) is 99.9 cm³/mol. The quantitative estimate of drug-likeness (QED) is 0.784. The number of nitrogens with one attached hydrogen (secondary N) is 2. The van der Waals surface area contributed by atoms with E-state index in [0.717, 1.165) is 17.0 Å². The molecule has 2 aromatic carbocycles. The van der Waals surface area contributed by atoms with E-state index in [4.69, 9.17) is 17.3 Å². The number of guanidine groups is 1. The molecule has 0 fully saturated rings. The average Bonchev–Trinajstić information content (AvgIpc) is 2.58. The van der Waals surface area contributed by atoms with Gasteiger partial charge in [0.25, 0.3) is 0 Å². The minimum absolute atomic E-state index is 0.653. The number of hydrogen-bond acceptors (Lipinski definition) is 2. The molecule has 0 bridgehead atoms. The third-order valence-corrected chi connectivity index (χ3v) is 4.13. The smallest absolute Gasteiger partial charge is 0.197 e. The van der Waals surface area contributed by atoms with Crippen molar-refractivity contribution >= 4 is 17.6 Å². The number of rotatable bonds is 5. The van der Waals surface area contributed by atoms with Crippen LogP contribution in [0.15, 0.2) is 71.9 Å². The highest BCUT2D eigenvalue weighted by atomic mass is 35.5. The summed E-state index contributed by atoms with van der Waals surface area (Å²) in [5.41, 5.74) is 8.18. The fourth-order valence-electron chi connectivity index (χ4n) is 2.64. The number of hydrogen-bond donors (Lipinski definition) is 3. The molecule has 1 aliphatic heterocycles. The third kappa shape index (κ3) is 4.60. The molecular formula is C19H21ClN4. The highest BCUT2D eigenvalue weighted by molar-refractivity contribution is 6.30. The Bertz CT molecular complexity index is 725. The molecule has 1 heterocycles. The van der Waals surface area contributed by atoms with Crippen molar-refractivity contribution < 1.29 is 0 Å². The average molecular weight is 341 g/mol. The second-order valence-electron chi connectivity index (χ2n) is 5.91. The van der Waals surface area contributed by atoms with E-state index in [2.05, 4.69) is 27.8 Å². The van der Waals surface area contributed by atoms with Gasteiger partial charge in [-0.15, -0.1) is 0 Å². The van der Waals surface area contributed by atoms with Crippen molar-refractivity contribution in [2.24, 2.45) is 10.7 Å². The molecule has 4 nitrogen and oxygen atoms in total. The standard InChI is InChI=1S/C19H21ClN4/c20-17-8-6-16(7-9-17)14-19(21)11-13-23-18(24-19)22-12-10-15-4-2-1-3-5-15/h1-9,11,13H,10,12,14,21H2,(H2,22,23,24). The van der Waals surface area contributed by atoms with Gasteiger partial charge in [-0.05, 0) is 35.8 Å². The number of halogens is 1. The molecule has 24 heavy (non-hydrogen) atoms. The molecule has 0 aromatic heterocycles. The third-order valence-electron chi connectivity index (χ3n) is 3.88. The summed E-state index contributed by atoms with van der Waals surface area (Å²) in [5, 5.41) is 7.11. The van der Waals surface area contributed by atoms with Crippen LogP contribution in [0.4, 0.5) is 0 Å². The van der Waals surface area contributed by atoms with Gasteiger partial charge in [-0.2, -0.15) is 0 Å². The zero-order valence-electron chi connectivity index (χ0n) is 13.4. The van der Waals surface area contributed by atoms with Crippen LogP contribution in [-0.2, 0) is 12.8 Å². The van der Waals surface area contributed by atoms with Crippen LogP contribution < -0.4 is 16.4 Å². The second kappa shape index (κ2) is 7.51. The summed E-state index contributed by atoms with van der Waals surface area (Å²) in [6, 6.07) is 18.0. The van der Waals surface area contributed by atoms with Gasteiger partial charge in [-0.3, -0.25) is 4.99 Å². The number of benzene rings is 2. The molecule has 4 N–H and O–H groups in total. The summed E-state index contributed by atoms with van der Waals surface area (Å²) in [5.74, 6) is 0.699. The minimum Gasteiger partial charge on any atom is -0.334 e. The van der Waals surface area contributed by atoms with Gasteiger partial charge in [0.2, 0.25) is 0 Å². The molecule has 1 unspecified atom stereocenters. The maximum absolute atomic E-state index is 6.45. The van der Waals surface area contributed by atoms with Crippen LogP contribution in [0, 0.1) is 0 Å². The molecular weight excluding hydrogens is 320 g/mol. The normalized spacial score (nSPS) is 21.3. The van der Waals surface area contributed by atoms with Crippen molar-refractivity contribution in [3.8, 4) is 0 Å². The van der Waals surface area contributed by atoms with E-state index in [1.165, 1.54) is 5.56 Å². The fourth-order valence-corrected chi connectivity index (χ4v) is 2.76. The first-order chi connectivity index (χ1) is 11.6. The Kier molecular flexibility index (Phi) is 5.18. The molecule has 0 saturated carbocycles. The molecule has 0 amide bonds. The molecule has 5 heteroatoms. The van der Waals surface area contributed by atoms with E-state index >= 15 is 0 Å². The van der Waals surface area contributed by atoms with E-state index < -0.39 is 5.66 Å². The molecule has 2 aromatic rings. The van der Waals surface area contributed by atoms with Gasteiger partial charge >= 0.3 is 0 Å². The van der Waals surface area contributed by atoms with E-state index in [-0.39, 0.29) is 0 Å². The minimum atomic E-state index is -0.662. The molecule has 0 aliphatic carbocycles. The Morgan fingerprint density at radius 2 is 1.75 bits per heavy atom. The van der Waals surface area contributed by atoms with Crippen LogP contribution in [0.5, 0.6) is 0 Å².